The minimum atomic E-state index is 0.151. The maximum Gasteiger partial charge on any atom is 0.0771 e. The van der Waals surface area contributed by atoms with Crippen molar-refractivity contribution in [2.75, 3.05) is 13.2 Å². The lowest BCUT2D eigenvalue weighted by molar-refractivity contribution is 0.253. The Morgan fingerprint density at radius 3 is 2.95 bits per heavy atom. The maximum atomic E-state index is 8.71. The minimum absolute atomic E-state index is 0.151. The predicted octanol–water partition coefficient (Wildman–Crippen LogP) is 3.25. The average Bonchev–Trinajstić information content (AvgIpc) is 3.17. The molecule has 1 heterocycles. The van der Waals surface area contributed by atoms with Crippen molar-refractivity contribution in [1.29, 1.82) is 0 Å². The van der Waals surface area contributed by atoms with Gasteiger partial charge in [0, 0.05) is 23.9 Å². The molecule has 0 radical (unpaired) electrons. The SMILES string of the molecule is CCCCN(Cc1ccc(C#CCCO)s1)C1CC1. The van der Waals surface area contributed by atoms with E-state index in [0.717, 1.165) is 17.5 Å². The first-order chi connectivity index (χ1) is 9.33. The summed E-state index contributed by atoms with van der Waals surface area (Å²) in [6, 6.07) is 5.14. The minimum Gasteiger partial charge on any atom is -0.395 e. The summed E-state index contributed by atoms with van der Waals surface area (Å²) < 4.78 is 0. The number of nitrogens with zero attached hydrogens (tertiary/aromatic N) is 1. The first-order valence-corrected chi connectivity index (χ1v) is 8.07. The van der Waals surface area contributed by atoms with Gasteiger partial charge in [-0.15, -0.1) is 11.3 Å². The van der Waals surface area contributed by atoms with E-state index in [1.54, 1.807) is 11.3 Å². The van der Waals surface area contributed by atoms with Crippen LogP contribution in [-0.2, 0) is 6.54 Å². The van der Waals surface area contributed by atoms with Gasteiger partial charge in [-0.25, -0.2) is 0 Å². The third-order valence-corrected chi connectivity index (χ3v) is 4.32. The fraction of sp³-hybridized carbons (Fsp3) is 0.625. The highest BCUT2D eigenvalue weighted by Crippen LogP contribution is 2.30. The van der Waals surface area contributed by atoms with Gasteiger partial charge in [0.2, 0.25) is 0 Å². The molecule has 1 aliphatic rings. The molecule has 0 bridgehead atoms. The highest BCUT2D eigenvalue weighted by atomic mass is 32.1. The Kier molecular flexibility index (Phi) is 5.91. The first kappa shape index (κ1) is 14.6. The van der Waals surface area contributed by atoms with E-state index in [4.69, 9.17) is 5.11 Å². The number of aliphatic hydroxyl groups is 1. The smallest absolute Gasteiger partial charge is 0.0771 e. The lowest BCUT2D eigenvalue weighted by Crippen LogP contribution is -2.26. The van der Waals surface area contributed by atoms with Crippen molar-refractivity contribution in [3.8, 4) is 11.8 Å². The fourth-order valence-electron chi connectivity index (χ4n) is 2.13. The molecule has 1 fully saturated rings. The monoisotopic (exact) mass is 277 g/mol. The molecule has 1 aromatic heterocycles. The topological polar surface area (TPSA) is 23.5 Å². The van der Waals surface area contributed by atoms with Gasteiger partial charge in [-0.1, -0.05) is 25.2 Å². The second kappa shape index (κ2) is 7.69. The van der Waals surface area contributed by atoms with Crippen molar-refractivity contribution in [2.45, 2.75) is 51.6 Å². The van der Waals surface area contributed by atoms with Crippen molar-refractivity contribution in [2.24, 2.45) is 0 Å². The van der Waals surface area contributed by atoms with Gasteiger partial charge >= 0.3 is 0 Å². The molecule has 19 heavy (non-hydrogen) atoms. The summed E-state index contributed by atoms with van der Waals surface area (Å²) in [5.74, 6) is 6.10. The van der Waals surface area contributed by atoms with E-state index >= 15 is 0 Å². The van der Waals surface area contributed by atoms with E-state index < -0.39 is 0 Å². The quantitative estimate of drug-likeness (QED) is 0.773. The van der Waals surface area contributed by atoms with Crippen LogP contribution in [0.1, 0.15) is 48.8 Å². The zero-order chi connectivity index (χ0) is 13.5. The molecule has 1 aromatic rings. The lowest BCUT2D eigenvalue weighted by atomic mass is 10.3. The van der Waals surface area contributed by atoms with Crippen LogP contribution in [0.15, 0.2) is 12.1 Å². The molecular weight excluding hydrogens is 254 g/mol. The Morgan fingerprint density at radius 2 is 2.26 bits per heavy atom. The molecule has 2 rings (SSSR count). The molecule has 3 heteroatoms. The Morgan fingerprint density at radius 1 is 1.42 bits per heavy atom. The molecule has 1 aliphatic carbocycles. The molecule has 1 saturated carbocycles. The van der Waals surface area contributed by atoms with Gasteiger partial charge in [0.25, 0.3) is 0 Å². The molecule has 104 valence electrons. The summed E-state index contributed by atoms with van der Waals surface area (Å²) in [6.07, 6.45) is 5.88. The number of rotatable bonds is 7. The van der Waals surface area contributed by atoms with Gasteiger partial charge in [0.05, 0.1) is 11.5 Å². The van der Waals surface area contributed by atoms with Gasteiger partial charge in [-0.2, -0.15) is 0 Å². The number of unbranched alkanes of at least 4 members (excludes halogenated alkanes) is 1. The van der Waals surface area contributed by atoms with Crippen LogP contribution in [0.25, 0.3) is 0 Å². The normalized spacial score (nSPS) is 14.5. The van der Waals surface area contributed by atoms with E-state index in [1.165, 1.54) is 37.1 Å². The predicted molar refractivity (Wildman–Crippen MR) is 81.2 cm³/mol. The molecule has 0 aromatic carbocycles. The van der Waals surface area contributed by atoms with Crippen LogP contribution in [0.4, 0.5) is 0 Å². The zero-order valence-corrected chi connectivity index (χ0v) is 12.5. The van der Waals surface area contributed by atoms with Crippen LogP contribution >= 0.6 is 11.3 Å². The third-order valence-electron chi connectivity index (χ3n) is 3.33. The molecule has 0 amide bonds. The Labute approximate surface area is 120 Å². The molecule has 0 aliphatic heterocycles. The average molecular weight is 277 g/mol. The third kappa shape index (κ3) is 4.99. The fourth-order valence-corrected chi connectivity index (χ4v) is 3.04. The molecule has 0 saturated heterocycles. The molecule has 1 N–H and O–H groups in total. The Bertz CT molecular complexity index is 439. The van der Waals surface area contributed by atoms with Gasteiger partial charge in [-0.05, 0) is 37.9 Å². The standard InChI is InChI=1S/C16H23NOS/c1-2-3-11-17(14-7-8-14)13-16-10-9-15(19-16)6-4-5-12-18/h9-10,14,18H,2-3,5,7-8,11-13H2,1H3. The largest absolute Gasteiger partial charge is 0.395 e. The summed E-state index contributed by atoms with van der Waals surface area (Å²) in [6.45, 7) is 4.71. The molecular formula is C16H23NOS. The maximum absolute atomic E-state index is 8.71. The van der Waals surface area contributed by atoms with Gasteiger partial charge < -0.3 is 5.11 Å². The van der Waals surface area contributed by atoms with Gasteiger partial charge in [-0.3, -0.25) is 4.90 Å². The van der Waals surface area contributed by atoms with Crippen LogP contribution in [0.5, 0.6) is 0 Å². The number of thiophene rings is 1. The van der Waals surface area contributed by atoms with Crippen molar-refractivity contribution in [1.82, 2.24) is 4.90 Å². The number of hydrogen-bond acceptors (Lipinski definition) is 3. The summed E-state index contributed by atoms with van der Waals surface area (Å²) in [7, 11) is 0. The summed E-state index contributed by atoms with van der Waals surface area (Å²) >= 11 is 1.79. The van der Waals surface area contributed by atoms with E-state index in [9.17, 15) is 0 Å². The van der Waals surface area contributed by atoms with Gasteiger partial charge in [0.1, 0.15) is 0 Å². The molecule has 0 spiro atoms. The van der Waals surface area contributed by atoms with Crippen LogP contribution in [0.2, 0.25) is 0 Å². The summed E-state index contributed by atoms with van der Waals surface area (Å²) in [4.78, 5) is 5.16. The molecule has 0 unspecified atom stereocenters. The van der Waals surface area contributed by atoms with Crippen molar-refractivity contribution < 1.29 is 5.11 Å². The van der Waals surface area contributed by atoms with E-state index in [-0.39, 0.29) is 6.61 Å². The van der Waals surface area contributed by atoms with Crippen molar-refractivity contribution in [3.05, 3.63) is 21.9 Å². The Balaban J connectivity index is 1.88. The van der Waals surface area contributed by atoms with Crippen LogP contribution in [0, 0.1) is 11.8 Å². The number of hydrogen-bond donors (Lipinski definition) is 1. The lowest BCUT2D eigenvalue weighted by Gasteiger charge is -2.20. The Hall–Kier alpha value is -0.820. The molecule has 2 nitrogen and oxygen atoms in total. The van der Waals surface area contributed by atoms with E-state index in [0.29, 0.717) is 6.42 Å². The zero-order valence-electron chi connectivity index (χ0n) is 11.7. The summed E-state index contributed by atoms with van der Waals surface area (Å²) in [5, 5.41) is 8.71. The van der Waals surface area contributed by atoms with Crippen molar-refractivity contribution in [3.63, 3.8) is 0 Å². The van der Waals surface area contributed by atoms with Crippen LogP contribution < -0.4 is 0 Å². The van der Waals surface area contributed by atoms with Gasteiger partial charge in [0.15, 0.2) is 0 Å². The van der Waals surface area contributed by atoms with E-state index in [1.807, 2.05) is 0 Å². The second-order valence-corrected chi connectivity index (χ2v) is 6.26. The first-order valence-electron chi connectivity index (χ1n) is 7.26. The van der Waals surface area contributed by atoms with E-state index in [2.05, 4.69) is 35.8 Å². The second-order valence-electron chi connectivity index (χ2n) is 5.10. The van der Waals surface area contributed by atoms with Crippen LogP contribution in [-0.4, -0.2) is 29.2 Å². The number of aliphatic hydroxyl groups excluding tert-OH is 1. The molecule has 0 atom stereocenters. The highest BCUT2D eigenvalue weighted by molar-refractivity contribution is 7.12. The summed E-state index contributed by atoms with van der Waals surface area (Å²) in [5.41, 5.74) is 0. The van der Waals surface area contributed by atoms with Crippen LogP contribution in [0.3, 0.4) is 0 Å². The highest BCUT2D eigenvalue weighted by Gasteiger charge is 2.28. The van der Waals surface area contributed by atoms with Crippen molar-refractivity contribution >= 4 is 11.3 Å².